The van der Waals surface area contributed by atoms with E-state index in [1.165, 1.54) is 0 Å². The summed E-state index contributed by atoms with van der Waals surface area (Å²) >= 11 is 3.48. The molecule has 0 amide bonds. The summed E-state index contributed by atoms with van der Waals surface area (Å²) in [6, 6.07) is 3.59. The molecule has 4 nitrogen and oxygen atoms in total. The Kier molecular flexibility index (Phi) is 5.74. The van der Waals surface area contributed by atoms with Gasteiger partial charge in [-0.2, -0.15) is 0 Å². The summed E-state index contributed by atoms with van der Waals surface area (Å²) in [5.74, 6) is 1.32. The molecule has 0 aliphatic carbocycles. The van der Waals surface area contributed by atoms with E-state index in [1.54, 1.807) is 14.2 Å². The van der Waals surface area contributed by atoms with Gasteiger partial charge in [0.15, 0.2) is 11.5 Å². The Morgan fingerprint density at radius 1 is 1.29 bits per heavy atom. The van der Waals surface area contributed by atoms with Gasteiger partial charge in [-0.05, 0) is 24.2 Å². The molecule has 1 atom stereocenters. The molecule has 96 valence electrons. The molecular formula is C12H18BrNO3. The fraction of sp³-hybridized carbons (Fsp3) is 0.500. The van der Waals surface area contributed by atoms with Crippen molar-refractivity contribution in [2.45, 2.75) is 13.0 Å². The van der Waals surface area contributed by atoms with Crippen LogP contribution in [0.25, 0.3) is 0 Å². The summed E-state index contributed by atoms with van der Waals surface area (Å²) in [6.45, 7) is 2.81. The predicted octanol–water partition coefficient (Wildman–Crippen LogP) is 2.11. The first-order valence-corrected chi connectivity index (χ1v) is 6.22. The second kappa shape index (κ2) is 6.83. The standard InChI is InChI=1S/C12H18BrNO3/c1-4-14-10(7-15)8-5-11(16-2)12(17-3)6-9(8)13/h5-6,10,14-15H,4,7H2,1-3H3. The van der Waals surface area contributed by atoms with Gasteiger partial charge in [-0.3, -0.25) is 0 Å². The van der Waals surface area contributed by atoms with Gasteiger partial charge in [0.05, 0.1) is 26.9 Å². The first kappa shape index (κ1) is 14.3. The number of halogens is 1. The maximum absolute atomic E-state index is 9.37. The number of hydrogen-bond acceptors (Lipinski definition) is 4. The molecule has 0 radical (unpaired) electrons. The molecule has 17 heavy (non-hydrogen) atoms. The van der Waals surface area contributed by atoms with Crippen LogP contribution in [-0.4, -0.2) is 32.5 Å². The van der Waals surface area contributed by atoms with Crippen molar-refractivity contribution >= 4 is 15.9 Å². The van der Waals surface area contributed by atoms with Crippen molar-refractivity contribution in [3.63, 3.8) is 0 Å². The molecular weight excluding hydrogens is 286 g/mol. The lowest BCUT2D eigenvalue weighted by atomic mass is 10.1. The number of nitrogens with one attached hydrogen (secondary N) is 1. The molecule has 1 unspecified atom stereocenters. The van der Waals surface area contributed by atoms with Crippen LogP contribution in [0.15, 0.2) is 16.6 Å². The van der Waals surface area contributed by atoms with Crippen molar-refractivity contribution in [2.75, 3.05) is 27.4 Å². The summed E-state index contributed by atoms with van der Waals surface area (Å²) in [7, 11) is 3.19. The third-order valence-corrected chi connectivity index (χ3v) is 3.20. The van der Waals surface area contributed by atoms with Gasteiger partial charge in [-0.15, -0.1) is 0 Å². The molecule has 0 aliphatic heterocycles. The maximum Gasteiger partial charge on any atom is 0.161 e. The Hall–Kier alpha value is -0.780. The Labute approximate surface area is 110 Å². The number of hydrogen-bond donors (Lipinski definition) is 2. The molecule has 0 saturated carbocycles. The second-order valence-electron chi connectivity index (χ2n) is 3.52. The van der Waals surface area contributed by atoms with Gasteiger partial charge >= 0.3 is 0 Å². The monoisotopic (exact) mass is 303 g/mol. The van der Waals surface area contributed by atoms with Crippen LogP contribution < -0.4 is 14.8 Å². The lowest BCUT2D eigenvalue weighted by molar-refractivity contribution is 0.245. The molecule has 0 aliphatic rings. The first-order valence-electron chi connectivity index (χ1n) is 5.43. The first-order chi connectivity index (χ1) is 8.17. The fourth-order valence-corrected chi connectivity index (χ4v) is 2.25. The zero-order valence-electron chi connectivity index (χ0n) is 10.3. The highest BCUT2D eigenvalue weighted by molar-refractivity contribution is 9.10. The maximum atomic E-state index is 9.37. The van der Waals surface area contributed by atoms with E-state index < -0.39 is 0 Å². The molecule has 0 fully saturated rings. The van der Waals surface area contributed by atoms with Crippen molar-refractivity contribution in [1.29, 1.82) is 0 Å². The smallest absolute Gasteiger partial charge is 0.161 e. The van der Waals surface area contributed by atoms with E-state index in [2.05, 4.69) is 21.2 Å². The largest absolute Gasteiger partial charge is 0.493 e. The molecule has 0 heterocycles. The van der Waals surface area contributed by atoms with Crippen LogP contribution in [-0.2, 0) is 0 Å². The summed E-state index contributed by atoms with van der Waals surface area (Å²) in [5.41, 5.74) is 0.951. The second-order valence-corrected chi connectivity index (χ2v) is 4.38. The van der Waals surface area contributed by atoms with E-state index in [0.717, 1.165) is 16.6 Å². The molecule has 1 aromatic carbocycles. The van der Waals surface area contributed by atoms with Gasteiger partial charge in [0.25, 0.3) is 0 Å². The van der Waals surface area contributed by atoms with Crippen molar-refractivity contribution in [3.05, 3.63) is 22.2 Å². The minimum atomic E-state index is -0.116. The van der Waals surface area contributed by atoms with Crippen LogP contribution in [0, 0.1) is 0 Å². The molecule has 0 aromatic heterocycles. The third kappa shape index (κ3) is 3.34. The zero-order chi connectivity index (χ0) is 12.8. The minimum Gasteiger partial charge on any atom is -0.493 e. The molecule has 2 N–H and O–H groups in total. The number of rotatable bonds is 6. The van der Waals surface area contributed by atoms with Crippen molar-refractivity contribution < 1.29 is 14.6 Å². The number of ether oxygens (including phenoxy) is 2. The van der Waals surface area contributed by atoms with Crippen LogP contribution in [0.3, 0.4) is 0 Å². The third-order valence-electron chi connectivity index (χ3n) is 2.51. The number of methoxy groups -OCH3 is 2. The van der Waals surface area contributed by atoms with E-state index in [4.69, 9.17) is 9.47 Å². The number of aliphatic hydroxyl groups is 1. The Balaban J connectivity index is 3.14. The summed E-state index contributed by atoms with van der Waals surface area (Å²) in [4.78, 5) is 0. The van der Waals surface area contributed by atoms with Gasteiger partial charge in [-0.25, -0.2) is 0 Å². The predicted molar refractivity (Wildman–Crippen MR) is 70.7 cm³/mol. The Morgan fingerprint density at radius 2 is 1.88 bits per heavy atom. The molecule has 0 spiro atoms. The fourth-order valence-electron chi connectivity index (χ4n) is 1.66. The van der Waals surface area contributed by atoms with Crippen molar-refractivity contribution in [2.24, 2.45) is 0 Å². The molecule has 0 bridgehead atoms. The normalized spacial score (nSPS) is 12.3. The van der Waals surface area contributed by atoms with Gasteiger partial charge in [0.1, 0.15) is 0 Å². The van der Waals surface area contributed by atoms with Gasteiger partial charge < -0.3 is 19.9 Å². The molecule has 0 saturated heterocycles. The average molecular weight is 304 g/mol. The summed E-state index contributed by atoms with van der Waals surface area (Å²) in [6.07, 6.45) is 0. The van der Waals surface area contributed by atoms with E-state index in [0.29, 0.717) is 11.5 Å². The lowest BCUT2D eigenvalue weighted by Gasteiger charge is -2.19. The average Bonchev–Trinajstić information content (AvgIpc) is 2.36. The number of likely N-dealkylation sites (N-methyl/N-ethyl adjacent to an activating group) is 1. The van der Waals surface area contributed by atoms with E-state index in [-0.39, 0.29) is 12.6 Å². The summed E-state index contributed by atoms with van der Waals surface area (Å²) in [5, 5.41) is 12.6. The number of benzene rings is 1. The Morgan fingerprint density at radius 3 is 2.35 bits per heavy atom. The molecule has 1 aromatic rings. The van der Waals surface area contributed by atoms with Gasteiger partial charge in [0, 0.05) is 4.47 Å². The summed E-state index contributed by atoms with van der Waals surface area (Å²) < 4.78 is 11.3. The number of aliphatic hydroxyl groups excluding tert-OH is 1. The highest BCUT2D eigenvalue weighted by Gasteiger charge is 2.16. The topological polar surface area (TPSA) is 50.7 Å². The van der Waals surface area contributed by atoms with E-state index >= 15 is 0 Å². The van der Waals surface area contributed by atoms with Crippen LogP contribution in [0.2, 0.25) is 0 Å². The molecule has 1 rings (SSSR count). The molecule has 5 heteroatoms. The van der Waals surface area contributed by atoms with E-state index in [1.807, 2.05) is 19.1 Å². The zero-order valence-corrected chi connectivity index (χ0v) is 11.9. The van der Waals surface area contributed by atoms with Crippen molar-refractivity contribution in [3.8, 4) is 11.5 Å². The minimum absolute atomic E-state index is 0.0297. The van der Waals surface area contributed by atoms with Crippen LogP contribution >= 0.6 is 15.9 Å². The van der Waals surface area contributed by atoms with Crippen LogP contribution in [0.1, 0.15) is 18.5 Å². The highest BCUT2D eigenvalue weighted by atomic mass is 79.9. The van der Waals surface area contributed by atoms with Gasteiger partial charge in [0.2, 0.25) is 0 Å². The highest BCUT2D eigenvalue weighted by Crippen LogP contribution is 2.35. The Bertz CT molecular complexity index is 371. The quantitative estimate of drug-likeness (QED) is 0.845. The van der Waals surface area contributed by atoms with Crippen LogP contribution in [0.4, 0.5) is 0 Å². The van der Waals surface area contributed by atoms with Gasteiger partial charge in [-0.1, -0.05) is 22.9 Å². The lowest BCUT2D eigenvalue weighted by Crippen LogP contribution is -2.24. The van der Waals surface area contributed by atoms with E-state index in [9.17, 15) is 5.11 Å². The van der Waals surface area contributed by atoms with Crippen LogP contribution in [0.5, 0.6) is 11.5 Å². The SMILES string of the molecule is CCNC(CO)c1cc(OC)c(OC)cc1Br. The van der Waals surface area contributed by atoms with Crippen molar-refractivity contribution in [1.82, 2.24) is 5.32 Å².